The summed E-state index contributed by atoms with van der Waals surface area (Å²) in [4.78, 5) is 5.69. The minimum absolute atomic E-state index is 0.295. The second-order valence-electron chi connectivity index (χ2n) is 3.79. The third-order valence-electron chi connectivity index (χ3n) is 2.71. The zero-order valence-electron chi connectivity index (χ0n) is 9.40. The number of thiazole rings is 1. The van der Waals surface area contributed by atoms with Gasteiger partial charge in [-0.2, -0.15) is 0 Å². The van der Waals surface area contributed by atoms with E-state index in [2.05, 4.69) is 4.98 Å². The van der Waals surface area contributed by atoms with Crippen LogP contribution in [0.4, 0.5) is 0 Å². The number of nitrogens with zero attached hydrogens (tertiary/aromatic N) is 1. The predicted molar refractivity (Wildman–Crippen MR) is 66.3 cm³/mol. The number of nitrogens with two attached hydrogens (primary N) is 1. The molecule has 0 spiro atoms. The first-order chi connectivity index (χ1) is 8.28. The van der Waals surface area contributed by atoms with Crippen LogP contribution in [0.15, 0.2) is 18.2 Å². The topological polar surface area (TPSA) is 57.4 Å². The number of benzene rings is 1. The molecule has 0 bridgehead atoms. The molecule has 0 unspecified atom stereocenters. The number of rotatable bonds is 2. The summed E-state index contributed by atoms with van der Waals surface area (Å²) in [5.41, 5.74) is 7.64. The Hall–Kier alpha value is -1.59. The zero-order valence-corrected chi connectivity index (χ0v) is 10.2. The first-order valence-electron chi connectivity index (χ1n) is 5.34. The number of hydrogen-bond acceptors (Lipinski definition) is 5. The summed E-state index contributed by atoms with van der Waals surface area (Å²) in [5, 5.41) is 0.973. The van der Waals surface area contributed by atoms with Crippen molar-refractivity contribution in [2.45, 2.75) is 13.5 Å². The molecular weight excluding hydrogens is 236 g/mol. The van der Waals surface area contributed by atoms with Gasteiger partial charge in [0.2, 0.25) is 6.79 Å². The van der Waals surface area contributed by atoms with Crippen LogP contribution in [0.3, 0.4) is 0 Å². The molecule has 0 saturated heterocycles. The van der Waals surface area contributed by atoms with Crippen LogP contribution in [-0.2, 0) is 6.54 Å². The fourth-order valence-corrected chi connectivity index (χ4v) is 2.71. The van der Waals surface area contributed by atoms with E-state index >= 15 is 0 Å². The van der Waals surface area contributed by atoms with Crippen LogP contribution >= 0.6 is 11.3 Å². The van der Waals surface area contributed by atoms with Gasteiger partial charge in [0.05, 0.1) is 5.69 Å². The molecule has 2 heterocycles. The van der Waals surface area contributed by atoms with Crippen LogP contribution < -0.4 is 15.2 Å². The summed E-state index contributed by atoms with van der Waals surface area (Å²) in [7, 11) is 0. The van der Waals surface area contributed by atoms with Crippen LogP contribution in [0.1, 0.15) is 10.6 Å². The highest BCUT2D eigenvalue weighted by molar-refractivity contribution is 7.15. The lowest BCUT2D eigenvalue weighted by Crippen LogP contribution is -1.97. The normalized spacial score (nSPS) is 13.1. The molecule has 3 rings (SSSR count). The lowest BCUT2D eigenvalue weighted by molar-refractivity contribution is 0.174. The van der Waals surface area contributed by atoms with Crippen LogP contribution in [0.2, 0.25) is 0 Å². The van der Waals surface area contributed by atoms with Crippen LogP contribution in [0.5, 0.6) is 11.5 Å². The Kier molecular flexibility index (Phi) is 2.49. The average molecular weight is 248 g/mol. The van der Waals surface area contributed by atoms with Crippen LogP contribution in [-0.4, -0.2) is 11.8 Å². The van der Waals surface area contributed by atoms with Crippen molar-refractivity contribution < 1.29 is 9.47 Å². The molecule has 1 aromatic heterocycles. The summed E-state index contributed by atoms with van der Waals surface area (Å²) in [6.07, 6.45) is 0. The Morgan fingerprint density at radius 2 is 2.18 bits per heavy atom. The molecule has 5 heteroatoms. The van der Waals surface area contributed by atoms with Gasteiger partial charge in [0, 0.05) is 17.0 Å². The van der Waals surface area contributed by atoms with Gasteiger partial charge < -0.3 is 15.2 Å². The minimum atomic E-state index is 0.295. The predicted octanol–water partition coefficient (Wildman–Crippen LogP) is 2.31. The fourth-order valence-electron chi connectivity index (χ4n) is 1.77. The maximum Gasteiger partial charge on any atom is 0.231 e. The van der Waals surface area contributed by atoms with Crippen LogP contribution in [0.25, 0.3) is 10.6 Å². The summed E-state index contributed by atoms with van der Waals surface area (Å²) >= 11 is 1.65. The van der Waals surface area contributed by atoms with Crippen LogP contribution in [0, 0.1) is 6.92 Å². The molecule has 0 radical (unpaired) electrons. The zero-order chi connectivity index (χ0) is 11.8. The summed E-state index contributed by atoms with van der Waals surface area (Å²) < 4.78 is 10.6. The monoisotopic (exact) mass is 248 g/mol. The molecular formula is C12H12N2O2S. The molecule has 17 heavy (non-hydrogen) atoms. The SMILES string of the molecule is Cc1sc(-c2ccc3c(c2)OCO3)nc1CN. The van der Waals surface area contributed by atoms with Gasteiger partial charge in [-0.3, -0.25) is 0 Å². The van der Waals surface area contributed by atoms with Gasteiger partial charge in [-0.05, 0) is 25.1 Å². The van der Waals surface area contributed by atoms with Crippen molar-refractivity contribution in [3.8, 4) is 22.1 Å². The van der Waals surface area contributed by atoms with Gasteiger partial charge in [0.15, 0.2) is 11.5 Å². The highest BCUT2D eigenvalue weighted by Crippen LogP contribution is 2.37. The van der Waals surface area contributed by atoms with Crippen molar-refractivity contribution in [2.75, 3.05) is 6.79 Å². The molecule has 0 saturated carbocycles. The molecule has 0 fully saturated rings. The lowest BCUT2D eigenvalue weighted by atomic mass is 10.2. The van der Waals surface area contributed by atoms with Gasteiger partial charge in [-0.1, -0.05) is 0 Å². The van der Waals surface area contributed by atoms with E-state index in [9.17, 15) is 0 Å². The molecule has 1 aliphatic heterocycles. The number of aryl methyl sites for hydroxylation is 1. The molecule has 0 atom stereocenters. The van der Waals surface area contributed by atoms with Gasteiger partial charge >= 0.3 is 0 Å². The number of ether oxygens (including phenoxy) is 2. The smallest absolute Gasteiger partial charge is 0.231 e. The summed E-state index contributed by atoms with van der Waals surface area (Å²) in [6, 6.07) is 5.86. The number of fused-ring (bicyclic) bond motifs is 1. The van der Waals surface area contributed by atoms with Crippen molar-refractivity contribution in [1.29, 1.82) is 0 Å². The van der Waals surface area contributed by atoms with Gasteiger partial charge in [-0.15, -0.1) is 11.3 Å². The second-order valence-corrected chi connectivity index (χ2v) is 5.00. The first-order valence-corrected chi connectivity index (χ1v) is 6.16. The van der Waals surface area contributed by atoms with E-state index in [-0.39, 0.29) is 0 Å². The first kappa shape index (κ1) is 10.6. The molecule has 4 nitrogen and oxygen atoms in total. The molecule has 1 aromatic carbocycles. The van der Waals surface area contributed by atoms with E-state index < -0.39 is 0 Å². The van der Waals surface area contributed by atoms with E-state index in [1.54, 1.807) is 11.3 Å². The molecule has 1 aliphatic rings. The summed E-state index contributed by atoms with van der Waals surface area (Å²) in [5.74, 6) is 1.57. The van der Waals surface area contributed by atoms with E-state index in [4.69, 9.17) is 15.2 Å². The molecule has 2 aromatic rings. The maximum atomic E-state index is 5.63. The van der Waals surface area contributed by atoms with E-state index in [0.717, 1.165) is 27.8 Å². The molecule has 0 aliphatic carbocycles. The Labute approximate surface area is 103 Å². The molecule has 0 amide bonds. The number of hydrogen-bond donors (Lipinski definition) is 1. The van der Waals surface area contributed by atoms with Gasteiger partial charge in [0.25, 0.3) is 0 Å². The quantitative estimate of drug-likeness (QED) is 0.886. The molecule has 2 N–H and O–H groups in total. The van der Waals surface area contributed by atoms with E-state index in [1.807, 2.05) is 25.1 Å². The Balaban J connectivity index is 2.03. The van der Waals surface area contributed by atoms with Crippen molar-refractivity contribution in [1.82, 2.24) is 4.98 Å². The third-order valence-corrected chi connectivity index (χ3v) is 3.77. The largest absolute Gasteiger partial charge is 0.454 e. The van der Waals surface area contributed by atoms with Crippen molar-refractivity contribution in [2.24, 2.45) is 5.73 Å². The minimum Gasteiger partial charge on any atom is -0.454 e. The number of aromatic nitrogens is 1. The standard InChI is InChI=1S/C12H12N2O2S/c1-7-9(5-13)14-12(17-7)8-2-3-10-11(4-8)16-6-15-10/h2-4H,5-6,13H2,1H3. The van der Waals surface area contributed by atoms with E-state index in [0.29, 0.717) is 13.3 Å². The van der Waals surface area contributed by atoms with Crippen molar-refractivity contribution >= 4 is 11.3 Å². The molecule has 88 valence electrons. The van der Waals surface area contributed by atoms with Gasteiger partial charge in [-0.25, -0.2) is 4.98 Å². The Bertz CT molecular complexity index is 566. The fraction of sp³-hybridized carbons (Fsp3) is 0.250. The van der Waals surface area contributed by atoms with Crippen molar-refractivity contribution in [3.05, 3.63) is 28.8 Å². The third kappa shape index (κ3) is 1.77. The highest BCUT2D eigenvalue weighted by Gasteiger charge is 2.15. The lowest BCUT2D eigenvalue weighted by Gasteiger charge is -1.98. The van der Waals surface area contributed by atoms with Crippen molar-refractivity contribution in [3.63, 3.8) is 0 Å². The van der Waals surface area contributed by atoms with Gasteiger partial charge in [0.1, 0.15) is 5.01 Å². The highest BCUT2D eigenvalue weighted by atomic mass is 32.1. The second kappa shape index (κ2) is 4.01. The maximum absolute atomic E-state index is 5.63. The van der Waals surface area contributed by atoms with E-state index in [1.165, 1.54) is 4.88 Å². The average Bonchev–Trinajstić information content (AvgIpc) is 2.93. The Morgan fingerprint density at radius 1 is 1.35 bits per heavy atom. The Morgan fingerprint density at radius 3 is 2.94 bits per heavy atom. The summed E-state index contributed by atoms with van der Waals surface area (Å²) in [6.45, 7) is 2.81.